The maximum Gasteiger partial charge on any atom is 0.274 e. The summed E-state index contributed by atoms with van der Waals surface area (Å²) in [7, 11) is 3.98. The lowest BCUT2D eigenvalue weighted by Gasteiger charge is -2.13. The van der Waals surface area contributed by atoms with E-state index in [0.717, 1.165) is 22.3 Å². The Morgan fingerprint density at radius 2 is 1.73 bits per heavy atom. The van der Waals surface area contributed by atoms with Crippen molar-refractivity contribution in [3.63, 3.8) is 0 Å². The number of carbonyl (C=O) groups excluding carboxylic acids is 1. The SMILES string of the molecule is Cc1cc(C(=O)Nc2cccc3cccnc23)nc(Nc2ccc(N(C)C)cc2)n1. The molecule has 1 amide bonds. The van der Waals surface area contributed by atoms with Crippen molar-refractivity contribution in [3.05, 3.63) is 78.2 Å². The fraction of sp³-hybridized carbons (Fsp3) is 0.130. The molecule has 0 saturated heterocycles. The third-order valence-corrected chi connectivity index (χ3v) is 4.61. The van der Waals surface area contributed by atoms with Crippen LogP contribution in [0.5, 0.6) is 0 Å². The van der Waals surface area contributed by atoms with Gasteiger partial charge >= 0.3 is 0 Å². The summed E-state index contributed by atoms with van der Waals surface area (Å²) in [6.07, 6.45) is 1.70. The summed E-state index contributed by atoms with van der Waals surface area (Å²) in [5.74, 6) is 0.0541. The number of benzene rings is 2. The lowest BCUT2D eigenvalue weighted by atomic mass is 10.2. The van der Waals surface area contributed by atoms with Crippen molar-refractivity contribution < 1.29 is 4.79 Å². The first-order chi connectivity index (χ1) is 14.5. The molecule has 0 saturated carbocycles. The minimum atomic E-state index is -0.315. The molecule has 2 aromatic carbocycles. The van der Waals surface area contributed by atoms with Gasteiger partial charge in [0, 0.05) is 42.7 Å². The molecule has 7 nitrogen and oxygen atoms in total. The summed E-state index contributed by atoms with van der Waals surface area (Å²) in [4.78, 5) is 28.1. The molecule has 0 aliphatic heterocycles. The van der Waals surface area contributed by atoms with Crippen LogP contribution in [-0.2, 0) is 0 Å². The minimum Gasteiger partial charge on any atom is -0.378 e. The minimum absolute atomic E-state index is 0.280. The molecule has 30 heavy (non-hydrogen) atoms. The van der Waals surface area contributed by atoms with Crippen LogP contribution in [-0.4, -0.2) is 35.0 Å². The second kappa shape index (κ2) is 8.16. The number of hydrogen-bond acceptors (Lipinski definition) is 6. The number of nitrogens with zero attached hydrogens (tertiary/aromatic N) is 4. The number of nitrogens with one attached hydrogen (secondary N) is 2. The van der Waals surface area contributed by atoms with E-state index in [0.29, 0.717) is 17.3 Å². The van der Waals surface area contributed by atoms with Crippen molar-refractivity contribution in [2.45, 2.75) is 6.92 Å². The molecular formula is C23H22N6O. The molecule has 2 aromatic heterocycles. The number of carbonyl (C=O) groups is 1. The maximum absolute atomic E-state index is 12.9. The molecule has 0 radical (unpaired) electrons. The smallest absolute Gasteiger partial charge is 0.274 e. The van der Waals surface area contributed by atoms with Crippen LogP contribution in [0.25, 0.3) is 10.9 Å². The van der Waals surface area contributed by atoms with Crippen LogP contribution >= 0.6 is 0 Å². The fourth-order valence-electron chi connectivity index (χ4n) is 3.10. The number of para-hydroxylation sites is 1. The Bertz CT molecular complexity index is 1200. The van der Waals surface area contributed by atoms with Crippen molar-refractivity contribution in [3.8, 4) is 0 Å². The van der Waals surface area contributed by atoms with Crippen molar-refractivity contribution in [1.82, 2.24) is 15.0 Å². The van der Waals surface area contributed by atoms with E-state index < -0.39 is 0 Å². The first kappa shape index (κ1) is 19.3. The van der Waals surface area contributed by atoms with Gasteiger partial charge < -0.3 is 15.5 Å². The molecule has 0 spiro atoms. The third-order valence-electron chi connectivity index (χ3n) is 4.61. The van der Waals surface area contributed by atoms with E-state index in [2.05, 4.69) is 25.6 Å². The molecule has 0 atom stereocenters. The van der Waals surface area contributed by atoms with Gasteiger partial charge in [-0.3, -0.25) is 9.78 Å². The number of fused-ring (bicyclic) bond motifs is 1. The summed E-state index contributed by atoms with van der Waals surface area (Å²) in [5, 5.41) is 7.04. The van der Waals surface area contributed by atoms with Gasteiger partial charge in [-0.2, -0.15) is 0 Å². The van der Waals surface area contributed by atoms with Gasteiger partial charge in [-0.25, -0.2) is 9.97 Å². The molecule has 150 valence electrons. The normalized spacial score (nSPS) is 10.6. The second-order valence-corrected chi connectivity index (χ2v) is 7.12. The van der Waals surface area contributed by atoms with Gasteiger partial charge in [0.25, 0.3) is 5.91 Å². The molecule has 4 aromatic rings. The highest BCUT2D eigenvalue weighted by Crippen LogP contribution is 2.22. The molecule has 0 bridgehead atoms. The van der Waals surface area contributed by atoms with E-state index >= 15 is 0 Å². The molecule has 4 rings (SSSR count). The summed E-state index contributed by atoms with van der Waals surface area (Å²) in [6, 6.07) is 19.0. The monoisotopic (exact) mass is 398 g/mol. The quantitative estimate of drug-likeness (QED) is 0.519. The Hall–Kier alpha value is -4.00. The van der Waals surface area contributed by atoms with Gasteiger partial charge in [0.15, 0.2) is 0 Å². The number of anilines is 4. The van der Waals surface area contributed by atoms with E-state index in [9.17, 15) is 4.79 Å². The van der Waals surface area contributed by atoms with Crippen LogP contribution in [0.2, 0.25) is 0 Å². The van der Waals surface area contributed by atoms with Crippen LogP contribution in [0.4, 0.5) is 23.0 Å². The number of pyridine rings is 1. The number of aromatic nitrogens is 3. The fourth-order valence-corrected chi connectivity index (χ4v) is 3.10. The molecule has 0 fully saturated rings. The zero-order chi connectivity index (χ0) is 21.1. The standard InChI is InChI=1S/C23H22N6O/c1-15-14-20(22(30)27-19-8-4-6-16-7-5-13-24-21(16)19)28-23(25-15)26-17-9-11-18(12-10-17)29(2)3/h4-14H,1-3H3,(H,27,30)(H,25,26,28). The van der Waals surface area contributed by atoms with E-state index in [1.54, 1.807) is 12.3 Å². The Balaban J connectivity index is 1.57. The number of rotatable bonds is 5. The highest BCUT2D eigenvalue weighted by Gasteiger charge is 2.13. The molecule has 2 N–H and O–H groups in total. The molecule has 0 aliphatic carbocycles. The lowest BCUT2D eigenvalue weighted by molar-refractivity contribution is 0.102. The third kappa shape index (κ3) is 4.20. The Labute approximate surface area is 174 Å². The predicted octanol–water partition coefficient (Wildman–Crippen LogP) is 4.40. The number of hydrogen-bond donors (Lipinski definition) is 2. The highest BCUT2D eigenvalue weighted by atomic mass is 16.1. The van der Waals surface area contributed by atoms with Gasteiger partial charge in [-0.05, 0) is 49.4 Å². The number of aryl methyl sites for hydroxylation is 1. The van der Waals surface area contributed by atoms with Crippen LogP contribution in [0.3, 0.4) is 0 Å². The van der Waals surface area contributed by atoms with Gasteiger partial charge in [-0.15, -0.1) is 0 Å². The van der Waals surface area contributed by atoms with Gasteiger partial charge in [0.05, 0.1) is 11.2 Å². The molecule has 2 heterocycles. The molecule has 0 aliphatic rings. The Kier molecular flexibility index (Phi) is 5.26. The van der Waals surface area contributed by atoms with Crippen molar-refractivity contribution in [2.75, 3.05) is 29.6 Å². The average molecular weight is 398 g/mol. The summed E-state index contributed by atoms with van der Waals surface area (Å²) < 4.78 is 0. The summed E-state index contributed by atoms with van der Waals surface area (Å²) >= 11 is 0. The number of amides is 1. The Morgan fingerprint density at radius 3 is 2.50 bits per heavy atom. The van der Waals surface area contributed by atoms with Crippen LogP contribution in [0, 0.1) is 6.92 Å². The lowest BCUT2D eigenvalue weighted by Crippen LogP contribution is -2.16. The zero-order valence-corrected chi connectivity index (χ0v) is 17.0. The maximum atomic E-state index is 12.9. The molecular weight excluding hydrogens is 376 g/mol. The average Bonchev–Trinajstić information content (AvgIpc) is 2.74. The molecule has 0 unspecified atom stereocenters. The van der Waals surface area contributed by atoms with Crippen molar-refractivity contribution in [2.24, 2.45) is 0 Å². The van der Waals surface area contributed by atoms with Crippen molar-refractivity contribution >= 4 is 39.8 Å². The van der Waals surface area contributed by atoms with E-state index in [4.69, 9.17) is 0 Å². The summed E-state index contributed by atoms with van der Waals surface area (Å²) in [5.41, 5.74) is 4.29. The van der Waals surface area contributed by atoms with E-state index in [1.807, 2.05) is 80.5 Å². The molecule has 7 heteroatoms. The van der Waals surface area contributed by atoms with Crippen molar-refractivity contribution in [1.29, 1.82) is 0 Å². The predicted molar refractivity (Wildman–Crippen MR) is 121 cm³/mol. The van der Waals surface area contributed by atoms with Crippen LogP contribution < -0.4 is 15.5 Å². The topological polar surface area (TPSA) is 83.0 Å². The first-order valence-corrected chi connectivity index (χ1v) is 9.55. The zero-order valence-electron chi connectivity index (χ0n) is 17.0. The first-order valence-electron chi connectivity index (χ1n) is 9.55. The highest BCUT2D eigenvalue weighted by molar-refractivity contribution is 6.07. The Morgan fingerprint density at radius 1 is 0.967 bits per heavy atom. The van der Waals surface area contributed by atoms with Crippen LogP contribution in [0.15, 0.2) is 66.9 Å². The van der Waals surface area contributed by atoms with Gasteiger partial charge in [-0.1, -0.05) is 18.2 Å². The second-order valence-electron chi connectivity index (χ2n) is 7.12. The van der Waals surface area contributed by atoms with E-state index in [-0.39, 0.29) is 11.6 Å². The van der Waals surface area contributed by atoms with Gasteiger partial charge in [0.2, 0.25) is 5.95 Å². The summed E-state index contributed by atoms with van der Waals surface area (Å²) in [6.45, 7) is 1.83. The van der Waals surface area contributed by atoms with E-state index in [1.165, 1.54) is 0 Å². The van der Waals surface area contributed by atoms with Crippen LogP contribution in [0.1, 0.15) is 16.2 Å². The largest absolute Gasteiger partial charge is 0.378 e. The van der Waals surface area contributed by atoms with Gasteiger partial charge in [0.1, 0.15) is 5.69 Å².